The lowest BCUT2D eigenvalue weighted by Crippen LogP contribution is -2.53. The fourth-order valence-corrected chi connectivity index (χ4v) is 6.03. The Morgan fingerprint density at radius 1 is 1.00 bits per heavy atom. The third-order valence-electron chi connectivity index (χ3n) is 7.65. The molecule has 1 fully saturated rings. The molecule has 4 nitrogen and oxygen atoms in total. The van der Waals surface area contributed by atoms with Gasteiger partial charge in [0.25, 0.3) is 0 Å². The molecule has 3 aromatic rings. The third-order valence-corrected chi connectivity index (χ3v) is 7.65. The molecule has 2 aliphatic rings. The standard InChI is InChI=1S/C30H31NO3/c1-21-12-14-23(15-13-21)24-16-17-26(25-10-6-7-11-28(25)34-2)30(29(32)33)20-31(19-27(24)30)18-22-8-4-3-5-9-22/h3-16,26-27H,17-20H2,1-2H3,(H,32,33)/p-1. The van der Waals surface area contributed by atoms with E-state index >= 15 is 0 Å². The lowest BCUT2D eigenvalue weighted by Gasteiger charge is -2.46. The highest BCUT2D eigenvalue weighted by atomic mass is 16.5. The lowest BCUT2D eigenvalue weighted by atomic mass is 9.58. The van der Waals surface area contributed by atoms with E-state index in [-0.39, 0.29) is 11.8 Å². The average molecular weight is 453 g/mol. The predicted octanol–water partition coefficient (Wildman–Crippen LogP) is 4.44. The zero-order valence-corrected chi connectivity index (χ0v) is 19.7. The Balaban J connectivity index is 1.62. The van der Waals surface area contributed by atoms with Crippen LogP contribution >= 0.6 is 0 Å². The molecule has 0 aromatic heterocycles. The van der Waals surface area contributed by atoms with Gasteiger partial charge >= 0.3 is 0 Å². The SMILES string of the molecule is COc1ccccc1C1CC=C(c2ccc(C)cc2)C2CN(Cc3ccccc3)CC21C(=O)[O-]. The molecule has 3 atom stereocenters. The van der Waals surface area contributed by atoms with Crippen molar-refractivity contribution >= 4 is 11.5 Å². The number of allylic oxidation sites excluding steroid dienone is 1. The Kier molecular flexibility index (Phi) is 6.01. The Morgan fingerprint density at radius 2 is 1.71 bits per heavy atom. The molecular formula is C30H30NO3-. The van der Waals surface area contributed by atoms with Gasteiger partial charge in [-0.15, -0.1) is 0 Å². The van der Waals surface area contributed by atoms with E-state index in [0.717, 1.165) is 22.4 Å². The molecule has 0 N–H and O–H groups in total. The first-order valence-electron chi connectivity index (χ1n) is 11.9. The number of hydrogen-bond acceptors (Lipinski definition) is 4. The summed E-state index contributed by atoms with van der Waals surface area (Å²) in [6, 6.07) is 26.5. The summed E-state index contributed by atoms with van der Waals surface area (Å²) >= 11 is 0. The number of aliphatic carboxylic acids is 1. The van der Waals surface area contributed by atoms with Gasteiger partial charge in [-0.05, 0) is 41.7 Å². The predicted molar refractivity (Wildman–Crippen MR) is 132 cm³/mol. The van der Waals surface area contributed by atoms with Crippen molar-refractivity contribution in [3.8, 4) is 5.75 Å². The summed E-state index contributed by atoms with van der Waals surface area (Å²) in [7, 11) is 1.65. The summed E-state index contributed by atoms with van der Waals surface area (Å²) in [6.45, 7) is 3.90. The average Bonchev–Trinajstić information content (AvgIpc) is 3.25. The highest BCUT2D eigenvalue weighted by Gasteiger charge is 2.56. The summed E-state index contributed by atoms with van der Waals surface area (Å²) in [5.74, 6) is -0.636. The maximum atomic E-state index is 13.2. The van der Waals surface area contributed by atoms with Crippen molar-refractivity contribution in [3.63, 3.8) is 0 Å². The van der Waals surface area contributed by atoms with Crippen molar-refractivity contribution in [2.75, 3.05) is 20.2 Å². The van der Waals surface area contributed by atoms with E-state index in [4.69, 9.17) is 4.74 Å². The van der Waals surface area contributed by atoms with Crippen LogP contribution in [0.5, 0.6) is 5.75 Å². The first kappa shape index (κ1) is 22.4. The van der Waals surface area contributed by atoms with Crippen LogP contribution in [0.3, 0.4) is 0 Å². The van der Waals surface area contributed by atoms with E-state index in [9.17, 15) is 9.90 Å². The second-order valence-corrected chi connectivity index (χ2v) is 9.59. The van der Waals surface area contributed by atoms with Crippen LogP contribution in [-0.4, -0.2) is 31.1 Å². The minimum Gasteiger partial charge on any atom is -0.549 e. The second-order valence-electron chi connectivity index (χ2n) is 9.59. The number of aryl methyl sites for hydroxylation is 1. The van der Waals surface area contributed by atoms with E-state index in [2.05, 4.69) is 54.3 Å². The largest absolute Gasteiger partial charge is 0.549 e. The molecule has 1 heterocycles. The summed E-state index contributed by atoms with van der Waals surface area (Å²) in [6.07, 6.45) is 2.88. The maximum Gasteiger partial charge on any atom is 0.122 e. The monoisotopic (exact) mass is 452 g/mol. The number of fused-ring (bicyclic) bond motifs is 1. The first-order valence-corrected chi connectivity index (χ1v) is 11.9. The number of carbonyl (C=O) groups is 1. The van der Waals surface area contributed by atoms with Gasteiger partial charge in [-0.1, -0.05) is 84.4 Å². The first-order chi connectivity index (χ1) is 16.5. The maximum absolute atomic E-state index is 13.2. The molecular weight excluding hydrogens is 422 g/mol. The molecule has 34 heavy (non-hydrogen) atoms. The number of carbonyl (C=O) groups excluding carboxylic acids is 1. The Hall–Kier alpha value is -3.37. The number of likely N-dealkylation sites (tertiary alicyclic amines) is 1. The molecule has 3 aromatic carbocycles. The fraction of sp³-hybridized carbons (Fsp3) is 0.300. The number of hydrogen-bond donors (Lipinski definition) is 0. The van der Waals surface area contributed by atoms with Crippen LogP contribution in [-0.2, 0) is 11.3 Å². The van der Waals surface area contributed by atoms with Crippen LogP contribution in [0, 0.1) is 18.3 Å². The van der Waals surface area contributed by atoms with E-state index in [1.165, 1.54) is 11.1 Å². The van der Waals surface area contributed by atoms with Gasteiger partial charge in [-0.2, -0.15) is 0 Å². The second kappa shape index (κ2) is 9.11. The molecule has 1 aliphatic carbocycles. The van der Waals surface area contributed by atoms with Crippen molar-refractivity contribution in [2.45, 2.75) is 25.8 Å². The normalized spacial score (nSPS) is 24.4. The highest BCUT2D eigenvalue weighted by Crippen LogP contribution is 2.57. The molecule has 0 radical (unpaired) electrons. The number of benzene rings is 3. The van der Waals surface area contributed by atoms with Gasteiger partial charge in [-0.25, -0.2) is 0 Å². The van der Waals surface area contributed by atoms with Crippen molar-refractivity contribution < 1.29 is 14.6 Å². The van der Waals surface area contributed by atoms with E-state index in [1.807, 2.05) is 42.5 Å². The number of nitrogens with zero attached hydrogens (tertiary/aromatic N) is 1. The number of ether oxygens (including phenoxy) is 1. The number of rotatable bonds is 6. The topological polar surface area (TPSA) is 52.6 Å². The number of carboxylic acid groups (broad SMARTS) is 1. The third kappa shape index (κ3) is 3.82. The van der Waals surface area contributed by atoms with Gasteiger partial charge in [0.15, 0.2) is 0 Å². The Labute approximate surface area is 201 Å². The molecule has 0 amide bonds. The summed E-state index contributed by atoms with van der Waals surface area (Å²) in [5, 5.41) is 13.2. The van der Waals surface area contributed by atoms with Crippen LogP contribution in [0.25, 0.3) is 5.57 Å². The Morgan fingerprint density at radius 3 is 2.41 bits per heavy atom. The van der Waals surface area contributed by atoms with Gasteiger partial charge < -0.3 is 14.6 Å². The van der Waals surface area contributed by atoms with Gasteiger partial charge in [0.05, 0.1) is 13.1 Å². The molecule has 4 heteroatoms. The Bertz CT molecular complexity index is 1200. The van der Waals surface area contributed by atoms with Crippen LogP contribution in [0.1, 0.15) is 34.6 Å². The molecule has 5 rings (SSSR count). The van der Waals surface area contributed by atoms with E-state index in [1.54, 1.807) is 7.11 Å². The van der Waals surface area contributed by atoms with E-state index < -0.39 is 11.4 Å². The summed E-state index contributed by atoms with van der Waals surface area (Å²) in [4.78, 5) is 15.4. The minimum absolute atomic E-state index is 0.174. The fourth-order valence-electron chi connectivity index (χ4n) is 6.03. The number of carboxylic acids is 1. The van der Waals surface area contributed by atoms with Gasteiger partial charge in [0.2, 0.25) is 0 Å². The van der Waals surface area contributed by atoms with Gasteiger partial charge in [-0.3, -0.25) is 4.90 Å². The van der Waals surface area contributed by atoms with Crippen molar-refractivity contribution in [2.24, 2.45) is 11.3 Å². The quantitative estimate of drug-likeness (QED) is 0.555. The van der Waals surface area contributed by atoms with Crippen LogP contribution in [0.15, 0.2) is 84.9 Å². The van der Waals surface area contributed by atoms with Gasteiger partial charge in [0.1, 0.15) is 5.75 Å². The van der Waals surface area contributed by atoms with Crippen molar-refractivity contribution in [3.05, 3.63) is 107 Å². The van der Waals surface area contributed by atoms with Crippen LogP contribution in [0.2, 0.25) is 0 Å². The minimum atomic E-state index is -1.04. The molecule has 1 saturated heterocycles. The lowest BCUT2D eigenvalue weighted by molar-refractivity contribution is -0.321. The van der Waals surface area contributed by atoms with Gasteiger partial charge in [0, 0.05) is 36.9 Å². The van der Waals surface area contributed by atoms with Crippen LogP contribution < -0.4 is 9.84 Å². The zero-order valence-electron chi connectivity index (χ0n) is 19.7. The van der Waals surface area contributed by atoms with Crippen molar-refractivity contribution in [1.82, 2.24) is 4.90 Å². The summed E-state index contributed by atoms with van der Waals surface area (Å²) in [5.41, 5.74) is 4.49. The number of methoxy groups -OCH3 is 1. The molecule has 174 valence electrons. The summed E-state index contributed by atoms with van der Waals surface area (Å²) < 4.78 is 5.67. The molecule has 0 spiro atoms. The van der Waals surface area contributed by atoms with E-state index in [0.29, 0.717) is 26.1 Å². The molecule has 1 aliphatic heterocycles. The molecule has 0 bridgehead atoms. The van der Waals surface area contributed by atoms with Crippen LogP contribution in [0.4, 0.5) is 0 Å². The molecule has 3 unspecified atom stereocenters. The molecule has 0 saturated carbocycles. The highest BCUT2D eigenvalue weighted by molar-refractivity contribution is 5.83. The number of para-hydroxylation sites is 1. The van der Waals surface area contributed by atoms with Crippen molar-refractivity contribution in [1.29, 1.82) is 0 Å². The smallest absolute Gasteiger partial charge is 0.122 e. The zero-order chi connectivity index (χ0) is 23.7.